The maximum atomic E-state index is 4.06. The predicted octanol–water partition coefficient (Wildman–Crippen LogP) is 0.510. The zero-order valence-corrected chi connectivity index (χ0v) is 4.63. The fraction of sp³-hybridized carbons (Fsp3) is 0.600. The van der Waals surface area contributed by atoms with Crippen LogP contribution in [0.15, 0.2) is 4.99 Å². The lowest BCUT2D eigenvalue weighted by Crippen LogP contribution is -2.09. The molecule has 1 aliphatic heterocycles. The molecule has 0 N–H and O–H groups in total. The summed E-state index contributed by atoms with van der Waals surface area (Å²) < 4.78 is 0. The molecule has 0 fully saturated rings. The fourth-order valence-corrected chi connectivity index (χ4v) is 0.628. The highest BCUT2D eigenvalue weighted by Gasteiger charge is 2.06. The van der Waals surface area contributed by atoms with Crippen molar-refractivity contribution in [3.8, 4) is 0 Å². The highest BCUT2D eigenvalue weighted by molar-refractivity contribution is 5.58. The van der Waals surface area contributed by atoms with Crippen LogP contribution in [0.2, 0.25) is 0 Å². The van der Waals surface area contributed by atoms with E-state index in [4.69, 9.17) is 0 Å². The van der Waals surface area contributed by atoms with Crippen molar-refractivity contribution in [1.82, 2.24) is 4.90 Å². The zero-order chi connectivity index (χ0) is 5.28. The van der Waals surface area contributed by atoms with Gasteiger partial charge in [0.05, 0.1) is 18.9 Å². The number of likely N-dealkylation sites (N-methyl/N-ethyl adjacent to an activating group) is 1. The summed E-state index contributed by atoms with van der Waals surface area (Å²) >= 11 is 0. The van der Waals surface area contributed by atoms with E-state index < -0.39 is 0 Å². The summed E-state index contributed by atoms with van der Waals surface area (Å²) in [4.78, 5) is 6.03. The molecule has 0 saturated heterocycles. The second-order valence-electron chi connectivity index (χ2n) is 1.82. The Labute approximate surface area is 43.8 Å². The molecule has 1 radical (unpaired) electrons. The zero-order valence-electron chi connectivity index (χ0n) is 4.63. The third kappa shape index (κ3) is 0.918. The summed E-state index contributed by atoms with van der Waals surface area (Å²) in [5.41, 5.74) is 0. The Hall–Kier alpha value is -0.530. The van der Waals surface area contributed by atoms with Crippen LogP contribution in [0, 0.1) is 6.54 Å². The molecule has 39 valence electrons. The Balaban J connectivity index is 2.42. The fourth-order valence-electron chi connectivity index (χ4n) is 0.628. The van der Waals surface area contributed by atoms with Crippen molar-refractivity contribution in [2.24, 2.45) is 4.99 Å². The van der Waals surface area contributed by atoms with E-state index in [1.54, 1.807) is 0 Å². The lowest BCUT2D eigenvalue weighted by atomic mass is 10.4. The first-order chi connectivity index (χ1) is 3.29. The second-order valence-corrected chi connectivity index (χ2v) is 1.82. The van der Waals surface area contributed by atoms with Gasteiger partial charge >= 0.3 is 0 Å². The Morgan fingerprint density at radius 1 is 1.71 bits per heavy atom. The van der Waals surface area contributed by atoms with Crippen LogP contribution in [0.25, 0.3) is 0 Å². The lowest BCUT2D eigenvalue weighted by Gasteiger charge is -2.02. The molecule has 7 heavy (non-hydrogen) atoms. The SMILES string of the molecule is CC1[CH]N(C)C=N1. The van der Waals surface area contributed by atoms with Gasteiger partial charge in [-0.15, -0.1) is 0 Å². The van der Waals surface area contributed by atoms with E-state index in [0.29, 0.717) is 6.04 Å². The van der Waals surface area contributed by atoms with Crippen LogP contribution in [-0.4, -0.2) is 24.3 Å². The van der Waals surface area contributed by atoms with Gasteiger partial charge in [0.1, 0.15) is 0 Å². The van der Waals surface area contributed by atoms with Crippen LogP contribution in [-0.2, 0) is 0 Å². The molecule has 0 saturated carbocycles. The molecule has 2 nitrogen and oxygen atoms in total. The molecule has 0 bridgehead atoms. The van der Waals surface area contributed by atoms with Gasteiger partial charge in [-0.2, -0.15) is 0 Å². The minimum atomic E-state index is 0.394. The number of rotatable bonds is 0. The summed E-state index contributed by atoms with van der Waals surface area (Å²) in [6, 6.07) is 0.394. The Kier molecular flexibility index (Phi) is 1.01. The molecule has 0 spiro atoms. The van der Waals surface area contributed by atoms with E-state index in [0.717, 1.165) is 0 Å². The van der Waals surface area contributed by atoms with E-state index in [-0.39, 0.29) is 0 Å². The Morgan fingerprint density at radius 2 is 2.43 bits per heavy atom. The summed E-state index contributed by atoms with van der Waals surface area (Å²) in [5, 5.41) is 0. The van der Waals surface area contributed by atoms with E-state index in [2.05, 4.69) is 18.5 Å². The van der Waals surface area contributed by atoms with Gasteiger partial charge in [-0.3, -0.25) is 4.99 Å². The van der Waals surface area contributed by atoms with Gasteiger partial charge in [0.15, 0.2) is 0 Å². The van der Waals surface area contributed by atoms with Gasteiger partial charge in [0.25, 0.3) is 0 Å². The standard InChI is InChI=1S/C5H9N2/c1-5-3-7(2)4-6-5/h3-5H,1-2H3. The molecule has 1 atom stereocenters. The number of hydrogen-bond acceptors (Lipinski definition) is 2. The van der Waals surface area contributed by atoms with Gasteiger partial charge in [0.2, 0.25) is 0 Å². The molecule has 0 amide bonds. The summed E-state index contributed by atoms with van der Waals surface area (Å²) in [5.74, 6) is 0. The van der Waals surface area contributed by atoms with Crippen LogP contribution in [0.1, 0.15) is 6.92 Å². The molecule has 0 aromatic rings. The van der Waals surface area contributed by atoms with Crippen molar-refractivity contribution in [2.75, 3.05) is 7.05 Å². The molecule has 1 aliphatic rings. The smallest absolute Gasteiger partial charge is 0.0855 e. The maximum Gasteiger partial charge on any atom is 0.0855 e. The molecule has 1 heterocycles. The summed E-state index contributed by atoms with van der Waals surface area (Å²) in [7, 11) is 1.98. The number of hydrogen-bond donors (Lipinski definition) is 0. The van der Waals surface area contributed by atoms with E-state index in [1.165, 1.54) is 0 Å². The van der Waals surface area contributed by atoms with Crippen LogP contribution >= 0.6 is 0 Å². The molecular weight excluding hydrogens is 88.1 g/mol. The monoisotopic (exact) mass is 97.1 g/mol. The van der Waals surface area contributed by atoms with Gasteiger partial charge in [0, 0.05) is 7.05 Å². The Morgan fingerprint density at radius 3 is 2.57 bits per heavy atom. The summed E-state index contributed by atoms with van der Waals surface area (Å²) in [6.45, 7) is 4.11. The molecule has 0 aromatic carbocycles. The van der Waals surface area contributed by atoms with Crippen molar-refractivity contribution >= 4 is 6.34 Å². The third-order valence-electron chi connectivity index (χ3n) is 0.935. The quantitative estimate of drug-likeness (QED) is 0.430. The average Bonchev–Trinajstić information content (AvgIpc) is 1.87. The average molecular weight is 97.1 g/mol. The molecule has 1 unspecified atom stereocenters. The second kappa shape index (κ2) is 1.52. The maximum absolute atomic E-state index is 4.06. The van der Waals surface area contributed by atoms with Crippen LogP contribution in [0.4, 0.5) is 0 Å². The van der Waals surface area contributed by atoms with E-state index >= 15 is 0 Å². The van der Waals surface area contributed by atoms with Gasteiger partial charge in [-0.05, 0) is 6.92 Å². The first-order valence-corrected chi connectivity index (χ1v) is 2.39. The molecule has 2 heteroatoms. The van der Waals surface area contributed by atoms with Crippen LogP contribution in [0.5, 0.6) is 0 Å². The van der Waals surface area contributed by atoms with Crippen molar-refractivity contribution < 1.29 is 0 Å². The van der Waals surface area contributed by atoms with Gasteiger partial charge in [-0.1, -0.05) is 0 Å². The van der Waals surface area contributed by atoms with Crippen molar-refractivity contribution in [3.05, 3.63) is 6.54 Å². The van der Waals surface area contributed by atoms with Crippen molar-refractivity contribution in [1.29, 1.82) is 0 Å². The van der Waals surface area contributed by atoms with Crippen LogP contribution in [0.3, 0.4) is 0 Å². The van der Waals surface area contributed by atoms with Gasteiger partial charge < -0.3 is 4.90 Å². The molecule has 0 aromatic heterocycles. The summed E-state index contributed by atoms with van der Waals surface area (Å²) in [6.07, 6.45) is 1.82. The van der Waals surface area contributed by atoms with E-state index in [1.807, 2.05) is 18.3 Å². The highest BCUT2D eigenvalue weighted by Crippen LogP contribution is 2.03. The van der Waals surface area contributed by atoms with Crippen molar-refractivity contribution in [3.63, 3.8) is 0 Å². The topological polar surface area (TPSA) is 15.6 Å². The minimum absolute atomic E-state index is 0.394. The Bertz CT molecular complexity index is 78.1. The molecule has 1 rings (SSSR count). The molecule has 0 aliphatic carbocycles. The van der Waals surface area contributed by atoms with Gasteiger partial charge in [-0.25, -0.2) is 0 Å². The number of aliphatic imine (C=N–C) groups is 1. The highest BCUT2D eigenvalue weighted by atomic mass is 15.2. The predicted molar refractivity (Wildman–Crippen MR) is 30.0 cm³/mol. The van der Waals surface area contributed by atoms with Crippen LogP contribution < -0.4 is 0 Å². The first kappa shape index (κ1) is 4.62. The van der Waals surface area contributed by atoms with E-state index in [9.17, 15) is 0 Å². The first-order valence-electron chi connectivity index (χ1n) is 2.39. The van der Waals surface area contributed by atoms with Crippen molar-refractivity contribution in [2.45, 2.75) is 13.0 Å². The normalized spacial score (nSPS) is 29.4. The number of nitrogens with zero attached hydrogens (tertiary/aromatic N) is 2. The largest absolute Gasteiger partial charge is 0.359 e. The molecular formula is C5H9N2. The minimum Gasteiger partial charge on any atom is -0.359 e. The lowest BCUT2D eigenvalue weighted by molar-refractivity contribution is 0.616. The third-order valence-corrected chi connectivity index (χ3v) is 0.935.